The maximum absolute atomic E-state index is 13.1. The van der Waals surface area contributed by atoms with E-state index in [1.54, 1.807) is 33.8 Å². The molecule has 1 fully saturated rings. The molecule has 0 aliphatic carbocycles. The number of esters is 4. The summed E-state index contributed by atoms with van der Waals surface area (Å²) in [5.74, 6) is -4.86. The molecule has 37 heavy (non-hydrogen) atoms. The maximum atomic E-state index is 13.1. The summed E-state index contributed by atoms with van der Waals surface area (Å²) in [5.41, 5.74) is 0.277. The van der Waals surface area contributed by atoms with Gasteiger partial charge in [0.15, 0.2) is 23.6 Å². The van der Waals surface area contributed by atoms with Gasteiger partial charge in [0.05, 0.1) is 11.8 Å². The number of amides is 1. The van der Waals surface area contributed by atoms with E-state index in [1.807, 2.05) is 0 Å². The fourth-order valence-corrected chi connectivity index (χ4v) is 3.80. The molecule has 12 heteroatoms. The number of hydrogen-bond donors (Lipinski definition) is 1. The number of rotatable bonds is 9. The Morgan fingerprint density at radius 3 is 2.57 bits per heavy atom. The molecule has 0 saturated carbocycles. The van der Waals surface area contributed by atoms with Crippen molar-refractivity contribution in [2.75, 3.05) is 11.9 Å². The van der Waals surface area contributed by atoms with Crippen molar-refractivity contribution in [3.8, 4) is 5.75 Å². The van der Waals surface area contributed by atoms with Gasteiger partial charge in [-0.1, -0.05) is 36.7 Å². The number of ether oxygens (including phenoxy) is 4. The molecule has 0 bridgehead atoms. The molecule has 1 aromatic heterocycles. The third-order valence-electron chi connectivity index (χ3n) is 5.66. The zero-order chi connectivity index (χ0) is 27.7. The fourth-order valence-electron chi connectivity index (χ4n) is 3.52. The van der Waals surface area contributed by atoms with Crippen LogP contribution in [0.1, 0.15) is 63.0 Å². The minimum Gasteiger partial charge on any atom is -0.463 e. The number of alkyl halides is 1. The van der Waals surface area contributed by atoms with Crippen LogP contribution in [0.15, 0.2) is 12.3 Å². The molecule has 1 N–H and O–H groups in total. The third-order valence-corrected chi connectivity index (χ3v) is 6.22. The monoisotopic (exact) mass is 584 g/mol. The van der Waals surface area contributed by atoms with Gasteiger partial charge in [0.25, 0.3) is 5.91 Å². The number of nitrogens with zero attached hydrogens (tertiary/aromatic N) is 1. The highest BCUT2D eigenvalue weighted by Gasteiger charge is 2.41. The van der Waals surface area contributed by atoms with Crippen molar-refractivity contribution in [3.05, 3.63) is 23.5 Å². The second-order valence-corrected chi connectivity index (χ2v) is 9.73. The average Bonchev–Trinajstić information content (AvgIpc) is 2.88. The minimum atomic E-state index is -1.38. The fraction of sp³-hybridized carbons (Fsp3) is 0.600. The highest BCUT2D eigenvalue weighted by molar-refractivity contribution is 9.09. The zero-order valence-electron chi connectivity index (χ0n) is 21.6. The van der Waals surface area contributed by atoms with E-state index in [0.717, 1.165) is 0 Å². The molecule has 0 spiro atoms. The van der Waals surface area contributed by atoms with Crippen LogP contribution >= 0.6 is 15.9 Å². The summed E-state index contributed by atoms with van der Waals surface area (Å²) in [6.07, 6.45) is 0.255. The number of aromatic nitrogens is 1. The van der Waals surface area contributed by atoms with Crippen LogP contribution in [0, 0.1) is 18.8 Å². The predicted molar refractivity (Wildman–Crippen MR) is 134 cm³/mol. The molecule has 2 rings (SSSR count). The van der Waals surface area contributed by atoms with Crippen LogP contribution in [0.5, 0.6) is 5.75 Å². The molecular formula is C25H33BrN2O9. The predicted octanol–water partition coefficient (Wildman–Crippen LogP) is 2.65. The summed E-state index contributed by atoms with van der Waals surface area (Å²) in [5, 5.41) is 3.06. The first-order chi connectivity index (χ1) is 17.5. The van der Waals surface area contributed by atoms with Crippen LogP contribution in [-0.4, -0.2) is 65.0 Å². The average molecular weight is 585 g/mol. The number of nitrogens with one attached hydrogen (secondary N) is 1. The molecule has 11 nitrogen and oxygen atoms in total. The number of carbonyl (C=O) groups is 5. The molecular weight excluding hydrogens is 552 g/mol. The molecule has 1 saturated heterocycles. The molecule has 1 aromatic rings. The van der Waals surface area contributed by atoms with Gasteiger partial charge in [0.1, 0.15) is 12.7 Å². The zero-order valence-corrected chi connectivity index (χ0v) is 23.2. The van der Waals surface area contributed by atoms with Crippen molar-refractivity contribution < 1.29 is 42.9 Å². The molecule has 1 aliphatic heterocycles. The van der Waals surface area contributed by atoms with Crippen molar-refractivity contribution in [1.82, 2.24) is 10.3 Å². The number of pyridine rings is 1. The number of hydrogen-bond acceptors (Lipinski definition) is 10. The number of aryl methyl sites for hydroxylation is 1. The first kappa shape index (κ1) is 30.2. The lowest BCUT2D eigenvalue weighted by Gasteiger charge is -2.29. The Kier molecular flexibility index (Phi) is 11.5. The number of cyclic esters (lactones) is 2. The lowest BCUT2D eigenvalue weighted by molar-refractivity contribution is -0.176. The van der Waals surface area contributed by atoms with Crippen molar-refractivity contribution in [2.45, 2.75) is 72.1 Å². The molecule has 0 radical (unpaired) electrons. The number of carbonyl (C=O) groups excluding carboxylic acids is 5. The molecule has 4 atom stereocenters. The summed E-state index contributed by atoms with van der Waals surface area (Å²) in [7, 11) is 0. The first-order valence-electron chi connectivity index (χ1n) is 12.1. The van der Waals surface area contributed by atoms with E-state index in [1.165, 1.54) is 13.1 Å². The van der Waals surface area contributed by atoms with Crippen LogP contribution < -0.4 is 10.1 Å². The van der Waals surface area contributed by atoms with Crippen LogP contribution in [-0.2, 0) is 33.4 Å². The minimum absolute atomic E-state index is 0.0342. The van der Waals surface area contributed by atoms with E-state index in [4.69, 9.17) is 18.9 Å². The van der Waals surface area contributed by atoms with Crippen molar-refractivity contribution in [1.29, 1.82) is 0 Å². The van der Waals surface area contributed by atoms with Gasteiger partial charge in [-0.2, -0.15) is 0 Å². The lowest BCUT2D eigenvalue weighted by Crippen LogP contribution is -2.47. The molecule has 204 valence electrons. The standard InChI is InChI=1S/C25H33BrN2O9/c1-6-16-21(37-23(31)13(2)3)15(5)35-25(33)17(12-34-24(16)32)28-22(30)19-20(14(4)9-11-27-19)36-18(29)8-7-10-26/h9,11,13,15-17,21H,6-8,10,12H2,1-5H3,(H,28,30)/t15-,16+,17-,21-/m0/s1. The Morgan fingerprint density at radius 1 is 1.24 bits per heavy atom. The largest absolute Gasteiger partial charge is 0.463 e. The van der Waals surface area contributed by atoms with Crippen LogP contribution in [0.2, 0.25) is 0 Å². The van der Waals surface area contributed by atoms with Crippen molar-refractivity contribution >= 4 is 45.7 Å². The SMILES string of the molecule is CC[C@H]1C(=O)OC[C@H](NC(=O)c2nccc(C)c2OC(=O)CCCBr)C(=O)O[C@@H](C)[C@@H]1OC(=O)C(C)C. The smallest absolute Gasteiger partial charge is 0.332 e. The highest BCUT2D eigenvalue weighted by Crippen LogP contribution is 2.25. The molecule has 2 heterocycles. The summed E-state index contributed by atoms with van der Waals surface area (Å²) in [6, 6.07) is 0.195. The van der Waals surface area contributed by atoms with Crippen molar-refractivity contribution in [3.63, 3.8) is 0 Å². The van der Waals surface area contributed by atoms with Gasteiger partial charge in [-0.25, -0.2) is 9.78 Å². The van der Waals surface area contributed by atoms with Crippen LogP contribution in [0.25, 0.3) is 0 Å². The first-order valence-corrected chi connectivity index (χ1v) is 13.2. The molecule has 1 amide bonds. The van der Waals surface area contributed by atoms with Gasteiger partial charge < -0.3 is 24.3 Å². The van der Waals surface area contributed by atoms with Gasteiger partial charge in [-0.15, -0.1) is 0 Å². The Bertz CT molecular complexity index is 1010. The lowest BCUT2D eigenvalue weighted by atomic mass is 9.95. The van der Waals surface area contributed by atoms with E-state index in [9.17, 15) is 24.0 Å². The summed E-state index contributed by atoms with van der Waals surface area (Å²) >= 11 is 3.24. The quantitative estimate of drug-likeness (QED) is 0.261. The Balaban J connectivity index is 2.26. The van der Waals surface area contributed by atoms with Gasteiger partial charge in [0.2, 0.25) is 0 Å². The Morgan fingerprint density at radius 2 is 1.95 bits per heavy atom. The topological polar surface area (TPSA) is 147 Å². The summed E-state index contributed by atoms with van der Waals surface area (Å²) in [6.45, 7) is 7.65. The Labute approximate surface area is 224 Å². The Hall–Kier alpha value is -3.02. The third kappa shape index (κ3) is 8.24. The van der Waals surface area contributed by atoms with E-state index in [0.29, 0.717) is 17.3 Å². The van der Waals surface area contributed by atoms with Gasteiger partial charge >= 0.3 is 23.9 Å². The van der Waals surface area contributed by atoms with E-state index in [-0.39, 0.29) is 24.3 Å². The molecule has 0 unspecified atom stereocenters. The highest BCUT2D eigenvalue weighted by atomic mass is 79.9. The summed E-state index contributed by atoms with van der Waals surface area (Å²) in [4.78, 5) is 67.3. The molecule has 1 aliphatic rings. The van der Waals surface area contributed by atoms with E-state index in [2.05, 4.69) is 26.2 Å². The maximum Gasteiger partial charge on any atom is 0.332 e. The van der Waals surface area contributed by atoms with Gasteiger partial charge in [0, 0.05) is 17.9 Å². The van der Waals surface area contributed by atoms with Crippen molar-refractivity contribution in [2.24, 2.45) is 11.8 Å². The van der Waals surface area contributed by atoms with Crippen LogP contribution in [0.4, 0.5) is 0 Å². The summed E-state index contributed by atoms with van der Waals surface area (Å²) < 4.78 is 21.7. The second-order valence-electron chi connectivity index (χ2n) is 8.94. The number of halogens is 1. The van der Waals surface area contributed by atoms with Gasteiger partial charge in [-0.05, 0) is 38.3 Å². The normalized spacial score (nSPS) is 22.1. The van der Waals surface area contributed by atoms with Gasteiger partial charge in [-0.3, -0.25) is 19.2 Å². The van der Waals surface area contributed by atoms with Crippen LogP contribution in [0.3, 0.4) is 0 Å². The second kappa shape index (κ2) is 14.1. The molecule has 0 aromatic carbocycles. The van der Waals surface area contributed by atoms with E-state index < -0.39 is 66.5 Å². The van der Waals surface area contributed by atoms with E-state index >= 15 is 0 Å².